The van der Waals surface area contributed by atoms with Gasteiger partial charge in [-0.2, -0.15) is 0 Å². The van der Waals surface area contributed by atoms with Crippen LogP contribution in [0.5, 0.6) is 5.75 Å². The number of thioether (sulfide) groups is 1. The zero-order chi connectivity index (χ0) is 22.5. The molecule has 162 valence electrons. The Hall–Kier alpha value is -3.16. The van der Waals surface area contributed by atoms with Gasteiger partial charge in [-0.05, 0) is 73.0 Å². The van der Waals surface area contributed by atoms with E-state index >= 15 is 0 Å². The number of benzene rings is 2. The summed E-state index contributed by atoms with van der Waals surface area (Å²) in [4.78, 5) is 21.1. The third kappa shape index (κ3) is 5.36. The Balaban J connectivity index is 1.63. The lowest BCUT2D eigenvalue weighted by Gasteiger charge is -2.13. The molecular formula is C25H22N2O3S2. The number of thiazole rings is 1. The minimum atomic E-state index is -0.854. The van der Waals surface area contributed by atoms with E-state index in [2.05, 4.69) is 17.1 Å². The van der Waals surface area contributed by atoms with Crippen LogP contribution in [0.25, 0.3) is 21.2 Å². The highest BCUT2D eigenvalue weighted by Gasteiger charge is 2.13. The van der Waals surface area contributed by atoms with E-state index < -0.39 is 5.97 Å². The summed E-state index contributed by atoms with van der Waals surface area (Å²) < 4.78 is 7.12. The van der Waals surface area contributed by atoms with Crippen molar-refractivity contribution in [1.82, 2.24) is 9.97 Å². The van der Waals surface area contributed by atoms with Gasteiger partial charge in [0.25, 0.3) is 0 Å². The number of aliphatic carboxylic acids is 1. The van der Waals surface area contributed by atoms with E-state index in [1.54, 1.807) is 17.5 Å². The van der Waals surface area contributed by atoms with Crippen molar-refractivity contribution in [2.75, 3.05) is 5.75 Å². The second-order valence-corrected chi connectivity index (χ2v) is 9.32. The van der Waals surface area contributed by atoms with Crippen LogP contribution >= 0.6 is 23.1 Å². The highest BCUT2D eigenvalue weighted by molar-refractivity contribution is 8.09. The molecule has 0 aliphatic heterocycles. The van der Waals surface area contributed by atoms with Crippen LogP contribution in [0.3, 0.4) is 0 Å². The van der Waals surface area contributed by atoms with Crippen LogP contribution < -0.4 is 4.74 Å². The molecule has 4 aromatic rings. The molecule has 0 saturated carbocycles. The van der Waals surface area contributed by atoms with Gasteiger partial charge in [-0.1, -0.05) is 18.2 Å². The minimum Gasteiger partial charge on any atom is -0.487 e. The lowest BCUT2D eigenvalue weighted by atomic mass is 10.1. The lowest BCUT2D eigenvalue weighted by Crippen LogP contribution is -2.01. The van der Waals surface area contributed by atoms with Gasteiger partial charge in [0.1, 0.15) is 17.4 Å². The summed E-state index contributed by atoms with van der Waals surface area (Å²) in [5.74, 6) is -0.0366. The number of carboxylic acids is 1. The molecule has 0 saturated heterocycles. The SMILES string of the molecule is Cc1cc(/C=C(\SCC(=O)O)c2nc3ccccc3s2)cc(C)c1OCc1ccccn1. The largest absolute Gasteiger partial charge is 0.487 e. The number of pyridine rings is 1. The van der Waals surface area contributed by atoms with Crippen molar-refractivity contribution >= 4 is 50.3 Å². The molecule has 32 heavy (non-hydrogen) atoms. The number of para-hydroxylation sites is 1. The molecule has 2 heterocycles. The van der Waals surface area contributed by atoms with Crippen LogP contribution in [-0.2, 0) is 11.4 Å². The van der Waals surface area contributed by atoms with E-state index in [9.17, 15) is 9.90 Å². The topological polar surface area (TPSA) is 72.3 Å². The monoisotopic (exact) mass is 462 g/mol. The summed E-state index contributed by atoms with van der Waals surface area (Å²) in [7, 11) is 0. The summed E-state index contributed by atoms with van der Waals surface area (Å²) in [6.45, 7) is 4.43. The average molecular weight is 463 g/mol. The highest BCUT2D eigenvalue weighted by Crippen LogP contribution is 2.36. The predicted molar refractivity (Wildman–Crippen MR) is 132 cm³/mol. The molecule has 2 aromatic heterocycles. The third-order valence-electron chi connectivity index (χ3n) is 4.73. The maximum absolute atomic E-state index is 11.2. The molecule has 0 amide bonds. The van der Waals surface area contributed by atoms with Crippen molar-refractivity contribution in [1.29, 1.82) is 0 Å². The second-order valence-electron chi connectivity index (χ2n) is 7.27. The fraction of sp³-hybridized carbons (Fsp3) is 0.160. The second kappa shape index (κ2) is 9.97. The van der Waals surface area contributed by atoms with Crippen LogP contribution in [0.2, 0.25) is 0 Å². The van der Waals surface area contributed by atoms with Crippen molar-refractivity contribution in [3.8, 4) is 5.75 Å². The smallest absolute Gasteiger partial charge is 0.313 e. The molecular weight excluding hydrogens is 440 g/mol. The molecule has 7 heteroatoms. The molecule has 0 aliphatic carbocycles. The van der Waals surface area contributed by atoms with Crippen LogP contribution in [0, 0.1) is 13.8 Å². The van der Waals surface area contributed by atoms with E-state index in [-0.39, 0.29) is 5.75 Å². The average Bonchev–Trinajstić information content (AvgIpc) is 3.21. The summed E-state index contributed by atoms with van der Waals surface area (Å²) >= 11 is 2.86. The number of ether oxygens (including phenoxy) is 1. The molecule has 0 fully saturated rings. The zero-order valence-electron chi connectivity index (χ0n) is 17.7. The highest BCUT2D eigenvalue weighted by atomic mass is 32.2. The molecule has 0 atom stereocenters. The Morgan fingerprint density at radius 2 is 1.88 bits per heavy atom. The number of aryl methyl sites for hydroxylation is 2. The number of fused-ring (bicyclic) bond motifs is 1. The summed E-state index contributed by atoms with van der Waals surface area (Å²) in [5, 5.41) is 10.0. The van der Waals surface area contributed by atoms with Gasteiger partial charge >= 0.3 is 5.97 Å². The third-order valence-corrected chi connectivity index (χ3v) is 6.94. The van der Waals surface area contributed by atoms with Crippen molar-refractivity contribution in [3.63, 3.8) is 0 Å². The first-order valence-corrected chi connectivity index (χ1v) is 11.9. The summed E-state index contributed by atoms with van der Waals surface area (Å²) in [5.41, 5.74) is 4.80. The number of carboxylic acid groups (broad SMARTS) is 1. The van der Waals surface area contributed by atoms with Gasteiger partial charge in [-0.3, -0.25) is 9.78 Å². The maximum atomic E-state index is 11.2. The number of nitrogens with zero attached hydrogens (tertiary/aromatic N) is 2. The fourth-order valence-electron chi connectivity index (χ4n) is 3.36. The van der Waals surface area contributed by atoms with Crippen LogP contribution in [0.15, 0.2) is 60.8 Å². The number of rotatable bonds is 8. The molecule has 0 radical (unpaired) electrons. The lowest BCUT2D eigenvalue weighted by molar-refractivity contribution is -0.133. The maximum Gasteiger partial charge on any atom is 0.313 e. The quantitative estimate of drug-likeness (QED) is 0.336. The first kappa shape index (κ1) is 22.0. The molecule has 1 N–H and O–H groups in total. The number of hydrogen-bond acceptors (Lipinski definition) is 6. The number of carbonyl (C=O) groups is 1. The van der Waals surface area contributed by atoms with Gasteiger partial charge < -0.3 is 9.84 Å². The van der Waals surface area contributed by atoms with E-state index in [1.807, 2.05) is 62.4 Å². The van der Waals surface area contributed by atoms with E-state index in [0.717, 1.165) is 48.3 Å². The first-order chi connectivity index (χ1) is 15.5. The Morgan fingerprint density at radius 3 is 2.56 bits per heavy atom. The molecule has 0 unspecified atom stereocenters. The molecule has 2 aromatic carbocycles. The van der Waals surface area contributed by atoms with Crippen molar-refractivity contribution in [2.24, 2.45) is 0 Å². The molecule has 5 nitrogen and oxygen atoms in total. The molecule has 4 rings (SSSR count). The number of hydrogen-bond donors (Lipinski definition) is 1. The van der Waals surface area contributed by atoms with Gasteiger partial charge in [0.2, 0.25) is 0 Å². The van der Waals surface area contributed by atoms with Gasteiger partial charge in [-0.25, -0.2) is 4.98 Å². The van der Waals surface area contributed by atoms with Crippen LogP contribution in [0.4, 0.5) is 0 Å². The van der Waals surface area contributed by atoms with Gasteiger partial charge in [-0.15, -0.1) is 23.1 Å². The minimum absolute atomic E-state index is 0.0228. The Bertz CT molecular complexity index is 1230. The summed E-state index contributed by atoms with van der Waals surface area (Å²) in [6.07, 6.45) is 3.76. The van der Waals surface area contributed by atoms with Crippen molar-refractivity contribution < 1.29 is 14.6 Å². The molecule has 0 aliphatic rings. The van der Waals surface area contributed by atoms with E-state index in [4.69, 9.17) is 9.72 Å². The van der Waals surface area contributed by atoms with Gasteiger partial charge in [0.15, 0.2) is 0 Å². The zero-order valence-corrected chi connectivity index (χ0v) is 19.4. The van der Waals surface area contributed by atoms with Crippen LogP contribution in [0.1, 0.15) is 27.4 Å². The Labute approximate surface area is 194 Å². The first-order valence-electron chi connectivity index (χ1n) is 10.1. The summed E-state index contributed by atoms with van der Waals surface area (Å²) in [6, 6.07) is 17.8. The molecule has 0 spiro atoms. The van der Waals surface area contributed by atoms with Gasteiger partial charge in [0, 0.05) is 11.1 Å². The Kier molecular flexibility index (Phi) is 6.87. The van der Waals surface area contributed by atoms with Gasteiger partial charge in [0.05, 0.1) is 21.7 Å². The van der Waals surface area contributed by atoms with E-state index in [1.165, 1.54) is 11.8 Å². The van der Waals surface area contributed by atoms with E-state index in [0.29, 0.717) is 6.61 Å². The molecule has 0 bridgehead atoms. The standard InChI is InChI=1S/C25H22N2O3S2/c1-16-11-18(12-17(2)24(16)30-14-19-7-5-6-10-26-19)13-22(31-15-23(28)29)25-27-20-8-3-4-9-21(20)32-25/h3-13H,14-15H2,1-2H3,(H,28,29)/b22-13-. The van der Waals surface area contributed by atoms with Crippen molar-refractivity contribution in [3.05, 3.63) is 88.2 Å². The number of aromatic nitrogens is 2. The predicted octanol–water partition coefficient (Wildman–Crippen LogP) is 6.20. The van der Waals surface area contributed by atoms with Crippen molar-refractivity contribution in [2.45, 2.75) is 20.5 Å². The Morgan fingerprint density at radius 1 is 1.12 bits per heavy atom. The normalized spacial score (nSPS) is 11.6. The van der Waals surface area contributed by atoms with Crippen LogP contribution in [-0.4, -0.2) is 26.8 Å². The fourth-order valence-corrected chi connectivity index (χ4v) is 5.20.